The van der Waals surface area contributed by atoms with E-state index in [1.165, 1.54) is 12.0 Å². The largest absolute Gasteiger partial charge is 0.354 e. The summed E-state index contributed by atoms with van der Waals surface area (Å²) in [6.45, 7) is 5.15. The van der Waals surface area contributed by atoms with Crippen molar-refractivity contribution in [3.63, 3.8) is 0 Å². The molecule has 5 rings (SSSR count). The Hall–Kier alpha value is -2.72. The Morgan fingerprint density at radius 2 is 2.04 bits per heavy atom. The van der Waals surface area contributed by atoms with Crippen molar-refractivity contribution < 1.29 is 0 Å². The van der Waals surface area contributed by atoms with E-state index in [4.69, 9.17) is 4.98 Å². The van der Waals surface area contributed by atoms with E-state index in [1.807, 2.05) is 13.1 Å². The summed E-state index contributed by atoms with van der Waals surface area (Å²) in [6, 6.07) is 6.31. The molecule has 4 heterocycles. The normalized spacial score (nSPS) is 24.9. The molecule has 1 N–H and O–H groups in total. The van der Waals surface area contributed by atoms with E-state index in [-0.39, 0.29) is 5.41 Å². The van der Waals surface area contributed by atoms with Gasteiger partial charge in [-0.25, -0.2) is 15.0 Å². The Labute approximate surface area is 165 Å². The van der Waals surface area contributed by atoms with Crippen molar-refractivity contribution in [3.8, 4) is 6.07 Å². The van der Waals surface area contributed by atoms with Gasteiger partial charge in [0.1, 0.15) is 23.8 Å². The van der Waals surface area contributed by atoms with Crippen molar-refractivity contribution in [3.05, 3.63) is 35.8 Å². The summed E-state index contributed by atoms with van der Waals surface area (Å²) in [5.74, 6) is 3.44. The molecule has 0 unspecified atom stereocenters. The second-order valence-corrected chi connectivity index (χ2v) is 8.41. The predicted octanol–water partition coefficient (Wildman–Crippen LogP) is 2.36. The van der Waals surface area contributed by atoms with Gasteiger partial charge in [-0.3, -0.25) is 0 Å². The van der Waals surface area contributed by atoms with E-state index in [0.29, 0.717) is 17.5 Å². The Morgan fingerprint density at radius 3 is 2.71 bits per heavy atom. The molecule has 1 saturated heterocycles. The highest BCUT2D eigenvalue weighted by Gasteiger charge is 2.51. The minimum absolute atomic E-state index is 0.108. The van der Waals surface area contributed by atoms with Crippen LogP contribution >= 0.6 is 0 Å². The Balaban J connectivity index is 1.59. The van der Waals surface area contributed by atoms with E-state index >= 15 is 0 Å². The minimum atomic E-state index is 0.108. The van der Waals surface area contributed by atoms with E-state index in [0.717, 1.165) is 49.9 Å². The smallest absolute Gasteiger partial charge is 0.143 e. The molecule has 0 bridgehead atoms. The number of likely N-dealkylation sites (N-methyl/N-ethyl adjacent to an activating group) is 1. The number of pyridine rings is 1. The summed E-state index contributed by atoms with van der Waals surface area (Å²) in [5, 5.41) is 12.7. The van der Waals surface area contributed by atoms with Crippen molar-refractivity contribution in [2.75, 3.05) is 36.5 Å². The Morgan fingerprint density at radius 1 is 1.21 bits per heavy atom. The van der Waals surface area contributed by atoms with Crippen molar-refractivity contribution in [2.45, 2.75) is 37.6 Å². The molecule has 7 nitrogen and oxygen atoms in total. The summed E-state index contributed by atoms with van der Waals surface area (Å²) in [7, 11) is 2.04. The molecule has 0 radical (unpaired) electrons. The average molecular weight is 375 g/mol. The van der Waals surface area contributed by atoms with Gasteiger partial charge in [0.15, 0.2) is 0 Å². The van der Waals surface area contributed by atoms with Crippen LogP contribution < -0.4 is 15.1 Å². The molecule has 144 valence electrons. The lowest BCUT2D eigenvalue weighted by atomic mass is 9.66. The molecule has 2 aromatic heterocycles. The molecule has 2 aliphatic heterocycles. The molecule has 28 heavy (non-hydrogen) atoms. The fourth-order valence-corrected chi connectivity index (χ4v) is 5.09. The highest BCUT2D eigenvalue weighted by Crippen LogP contribution is 2.56. The van der Waals surface area contributed by atoms with E-state index in [1.54, 1.807) is 18.6 Å². The third-order valence-corrected chi connectivity index (χ3v) is 6.80. The van der Waals surface area contributed by atoms with E-state index in [9.17, 15) is 5.26 Å². The summed E-state index contributed by atoms with van der Waals surface area (Å²) >= 11 is 0. The molecule has 2 atom stereocenters. The van der Waals surface area contributed by atoms with Crippen LogP contribution in [0.5, 0.6) is 0 Å². The molecule has 1 saturated carbocycles. The van der Waals surface area contributed by atoms with Crippen LogP contribution in [0.15, 0.2) is 24.7 Å². The van der Waals surface area contributed by atoms with Gasteiger partial charge in [-0.2, -0.15) is 5.26 Å². The Bertz CT molecular complexity index is 946. The zero-order chi connectivity index (χ0) is 19.3. The standard InChI is InChI=1S/C21H25N7/c1-14-10-27(11-16(14)23-2)19-18-20(26-13-25-19)28(12-21(18)5-3-6-21)17-8-15(9-22)4-7-24-17/h4,7-8,13-14,16,23H,3,5-6,10-12H2,1-2H3/t14-,16+/m0/s1. The Kier molecular flexibility index (Phi) is 3.98. The molecular weight excluding hydrogens is 350 g/mol. The first-order chi connectivity index (χ1) is 13.6. The second-order valence-electron chi connectivity index (χ2n) is 8.41. The minimum Gasteiger partial charge on any atom is -0.354 e. The molecule has 0 aromatic carbocycles. The van der Waals surface area contributed by atoms with Gasteiger partial charge in [0.2, 0.25) is 0 Å². The first-order valence-corrected chi connectivity index (χ1v) is 10.1. The average Bonchev–Trinajstić information content (AvgIpc) is 3.26. The van der Waals surface area contributed by atoms with E-state index < -0.39 is 0 Å². The zero-order valence-electron chi connectivity index (χ0n) is 16.4. The fourth-order valence-electron chi connectivity index (χ4n) is 5.09. The van der Waals surface area contributed by atoms with Crippen LogP contribution in [0.2, 0.25) is 0 Å². The molecular formula is C21H25N7. The summed E-state index contributed by atoms with van der Waals surface area (Å²) in [4.78, 5) is 18.6. The number of rotatable bonds is 3. The summed E-state index contributed by atoms with van der Waals surface area (Å²) in [6.07, 6.45) is 6.95. The third kappa shape index (κ3) is 2.48. The van der Waals surface area contributed by atoms with Gasteiger partial charge in [0.25, 0.3) is 0 Å². The van der Waals surface area contributed by atoms with Gasteiger partial charge in [0.05, 0.1) is 11.6 Å². The van der Waals surface area contributed by atoms with Crippen LogP contribution in [0, 0.1) is 17.2 Å². The van der Waals surface area contributed by atoms with Gasteiger partial charge in [-0.05, 0) is 37.9 Å². The van der Waals surface area contributed by atoms with E-state index in [2.05, 4.69) is 38.1 Å². The van der Waals surface area contributed by atoms with Crippen LogP contribution in [-0.2, 0) is 5.41 Å². The van der Waals surface area contributed by atoms with Crippen LogP contribution in [-0.4, -0.2) is 47.7 Å². The topological polar surface area (TPSA) is 81.0 Å². The fraction of sp³-hybridized carbons (Fsp3) is 0.524. The highest BCUT2D eigenvalue weighted by atomic mass is 15.3. The maximum Gasteiger partial charge on any atom is 0.143 e. The van der Waals surface area contributed by atoms with Crippen molar-refractivity contribution >= 4 is 17.5 Å². The lowest BCUT2D eigenvalue weighted by Gasteiger charge is -2.40. The molecule has 1 aliphatic carbocycles. The van der Waals surface area contributed by atoms with Crippen molar-refractivity contribution in [2.24, 2.45) is 5.92 Å². The van der Waals surface area contributed by atoms with Crippen LogP contribution in [0.25, 0.3) is 0 Å². The van der Waals surface area contributed by atoms with Crippen molar-refractivity contribution in [1.82, 2.24) is 20.3 Å². The van der Waals surface area contributed by atoms with Crippen LogP contribution in [0.4, 0.5) is 17.5 Å². The number of anilines is 3. The number of hydrogen-bond donors (Lipinski definition) is 1. The number of hydrogen-bond acceptors (Lipinski definition) is 7. The highest BCUT2D eigenvalue weighted by molar-refractivity contribution is 5.74. The van der Waals surface area contributed by atoms with Gasteiger partial charge in [-0.15, -0.1) is 0 Å². The molecule has 2 fully saturated rings. The summed E-state index contributed by atoms with van der Waals surface area (Å²) < 4.78 is 0. The van der Waals surface area contributed by atoms with Crippen LogP contribution in [0.1, 0.15) is 37.3 Å². The number of fused-ring (bicyclic) bond motifs is 2. The van der Waals surface area contributed by atoms with Gasteiger partial charge in [0, 0.05) is 42.9 Å². The number of aromatic nitrogens is 3. The molecule has 1 spiro atoms. The summed E-state index contributed by atoms with van der Waals surface area (Å²) in [5.41, 5.74) is 2.02. The molecule has 3 aliphatic rings. The second kappa shape index (κ2) is 6.42. The zero-order valence-corrected chi connectivity index (χ0v) is 16.4. The predicted molar refractivity (Wildman–Crippen MR) is 108 cm³/mol. The quantitative estimate of drug-likeness (QED) is 0.882. The number of nitrogens with one attached hydrogen (secondary N) is 1. The third-order valence-electron chi connectivity index (χ3n) is 6.80. The molecule has 2 aromatic rings. The molecule has 0 amide bonds. The van der Waals surface area contributed by atoms with Crippen LogP contribution in [0.3, 0.4) is 0 Å². The SMILES string of the molecule is CN[C@@H]1CN(c2ncnc3c2C2(CCC2)CN3c2cc(C#N)ccn2)C[C@@H]1C. The maximum absolute atomic E-state index is 9.29. The van der Waals surface area contributed by atoms with Gasteiger partial charge < -0.3 is 15.1 Å². The number of nitrogens with zero attached hydrogens (tertiary/aromatic N) is 6. The lowest BCUT2D eigenvalue weighted by Crippen LogP contribution is -2.39. The first-order valence-electron chi connectivity index (χ1n) is 10.1. The maximum atomic E-state index is 9.29. The van der Waals surface area contributed by atoms with Gasteiger partial charge >= 0.3 is 0 Å². The first kappa shape index (κ1) is 17.4. The van der Waals surface area contributed by atoms with Crippen molar-refractivity contribution in [1.29, 1.82) is 5.26 Å². The molecule has 7 heteroatoms. The monoisotopic (exact) mass is 375 g/mol. The number of nitriles is 1. The lowest BCUT2D eigenvalue weighted by molar-refractivity contribution is 0.266. The van der Waals surface area contributed by atoms with Gasteiger partial charge in [-0.1, -0.05) is 13.3 Å².